The van der Waals surface area contributed by atoms with Crippen LogP contribution < -0.4 is 16.0 Å². The smallest absolute Gasteiger partial charge is 0.243 e. The molecule has 1 aliphatic heterocycles. The number of hydrogen-bond acceptors (Lipinski definition) is 5. The molecular formula is C31H31F2N3O4. The lowest BCUT2D eigenvalue weighted by molar-refractivity contribution is -0.128. The molecule has 208 valence electrons. The molecule has 3 aromatic carbocycles. The molecule has 40 heavy (non-hydrogen) atoms. The van der Waals surface area contributed by atoms with E-state index >= 15 is 0 Å². The van der Waals surface area contributed by atoms with Gasteiger partial charge in [-0.25, -0.2) is 8.78 Å². The van der Waals surface area contributed by atoms with Gasteiger partial charge in [0.2, 0.25) is 11.8 Å². The van der Waals surface area contributed by atoms with Crippen LogP contribution in [0.4, 0.5) is 20.2 Å². The molecule has 0 saturated heterocycles. The molecule has 3 aromatic rings. The van der Waals surface area contributed by atoms with Crippen LogP contribution in [0, 0.1) is 17.0 Å². The summed E-state index contributed by atoms with van der Waals surface area (Å²) in [6.07, 6.45) is -0.118. The molecule has 0 bridgehead atoms. The van der Waals surface area contributed by atoms with E-state index in [1.165, 1.54) is 6.92 Å². The number of rotatable bonds is 7. The van der Waals surface area contributed by atoms with Crippen LogP contribution in [0.5, 0.6) is 0 Å². The van der Waals surface area contributed by atoms with Crippen LogP contribution in [-0.4, -0.2) is 29.4 Å². The zero-order valence-electron chi connectivity index (χ0n) is 22.7. The van der Waals surface area contributed by atoms with Gasteiger partial charge in [0.25, 0.3) is 0 Å². The normalized spacial score (nSPS) is 15.2. The molecule has 1 unspecified atom stereocenters. The van der Waals surface area contributed by atoms with E-state index in [1.54, 1.807) is 42.5 Å². The number of hydrogen-bond donors (Lipinski definition) is 3. The highest BCUT2D eigenvalue weighted by atomic mass is 19.1. The molecule has 0 spiro atoms. The Morgan fingerprint density at radius 2 is 1.60 bits per heavy atom. The third-order valence-corrected chi connectivity index (χ3v) is 6.45. The van der Waals surface area contributed by atoms with Gasteiger partial charge in [-0.1, -0.05) is 51.1 Å². The maximum absolute atomic E-state index is 14.0. The van der Waals surface area contributed by atoms with Crippen LogP contribution in [0.3, 0.4) is 0 Å². The Labute approximate surface area is 231 Å². The lowest BCUT2D eigenvalue weighted by Gasteiger charge is -2.22. The van der Waals surface area contributed by atoms with E-state index in [0.29, 0.717) is 23.0 Å². The van der Waals surface area contributed by atoms with Crippen LogP contribution in [0.25, 0.3) is 0 Å². The lowest BCUT2D eigenvalue weighted by Crippen LogP contribution is -2.47. The SMILES string of the molecule is C[C@H](NC(=O)Cc1cc(F)cc(F)c1)C(=O)NC1C(=O)c2c(cccc2C(=O)CC(C)(C)C)Nc2ccccc21. The average molecular weight is 548 g/mol. The van der Waals surface area contributed by atoms with Crippen molar-refractivity contribution in [1.29, 1.82) is 0 Å². The molecular weight excluding hydrogens is 516 g/mol. The molecule has 0 radical (unpaired) electrons. The molecule has 0 saturated carbocycles. The number of Topliss-reactive ketones (excluding diaryl/α,β-unsaturated/α-hetero) is 2. The molecule has 0 aliphatic carbocycles. The van der Waals surface area contributed by atoms with Crippen LogP contribution in [0.1, 0.15) is 72.0 Å². The standard InChI is InChI=1S/C31H31F2N3O4/c1-17(34-26(38)14-18-12-19(32)15-20(33)13-18)30(40)36-28-21-8-5-6-10-23(21)35-24-11-7-9-22(27(24)29(28)39)25(37)16-31(2,3)4/h5-13,15,17,28,35H,14,16H2,1-4H3,(H,34,38)(H,36,40)/t17-,28?/m0/s1. The number of amides is 2. The van der Waals surface area contributed by atoms with Crippen molar-refractivity contribution in [3.63, 3.8) is 0 Å². The summed E-state index contributed by atoms with van der Waals surface area (Å²) in [4.78, 5) is 53.0. The van der Waals surface area contributed by atoms with E-state index in [0.717, 1.165) is 12.1 Å². The summed E-state index contributed by atoms with van der Waals surface area (Å²) < 4.78 is 27.0. The fourth-order valence-electron chi connectivity index (χ4n) is 4.69. The highest BCUT2D eigenvalue weighted by Gasteiger charge is 2.35. The van der Waals surface area contributed by atoms with Crippen molar-refractivity contribution in [2.75, 3.05) is 5.32 Å². The predicted octanol–water partition coefficient (Wildman–Crippen LogP) is 5.43. The molecule has 2 amide bonds. The molecule has 0 aromatic heterocycles. The van der Waals surface area contributed by atoms with E-state index in [2.05, 4.69) is 16.0 Å². The monoisotopic (exact) mass is 547 g/mol. The van der Waals surface area contributed by atoms with Crippen LogP contribution in [-0.2, 0) is 16.0 Å². The molecule has 9 heteroatoms. The Balaban J connectivity index is 1.59. The topological polar surface area (TPSA) is 104 Å². The van der Waals surface area contributed by atoms with Gasteiger partial charge in [0.15, 0.2) is 11.6 Å². The highest BCUT2D eigenvalue weighted by Crippen LogP contribution is 2.37. The van der Waals surface area contributed by atoms with Gasteiger partial charge in [0, 0.05) is 29.3 Å². The summed E-state index contributed by atoms with van der Waals surface area (Å²) in [6.45, 7) is 7.25. The minimum absolute atomic E-state index is 0.116. The first kappa shape index (κ1) is 28.6. The van der Waals surface area contributed by atoms with Crippen molar-refractivity contribution in [3.8, 4) is 0 Å². The summed E-state index contributed by atoms with van der Waals surface area (Å²) >= 11 is 0. The van der Waals surface area contributed by atoms with E-state index in [-0.39, 0.29) is 40.7 Å². The van der Waals surface area contributed by atoms with Crippen LogP contribution >= 0.6 is 0 Å². The Hall–Kier alpha value is -4.40. The Bertz CT molecular complexity index is 1480. The summed E-state index contributed by atoms with van der Waals surface area (Å²) in [7, 11) is 0. The van der Waals surface area contributed by atoms with Crippen molar-refractivity contribution in [2.45, 2.75) is 52.6 Å². The summed E-state index contributed by atoms with van der Waals surface area (Å²) in [5.74, 6) is -3.55. The fraction of sp³-hybridized carbons (Fsp3) is 0.290. The van der Waals surface area contributed by atoms with Crippen molar-refractivity contribution >= 4 is 34.8 Å². The second kappa shape index (κ2) is 11.4. The van der Waals surface area contributed by atoms with Crippen molar-refractivity contribution in [1.82, 2.24) is 10.6 Å². The van der Waals surface area contributed by atoms with Crippen molar-refractivity contribution < 1.29 is 28.0 Å². The first-order valence-corrected chi connectivity index (χ1v) is 12.9. The predicted molar refractivity (Wildman–Crippen MR) is 147 cm³/mol. The average Bonchev–Trinajstić information content (AvgIpc) is 2.96. The Morgan fingerprint density at radius 3 is 2.27 bits per heavy atom. The zero-order chi connectivity index (χ0) is 29.2. The first-order valence-electron chi connectivity index (χ1n) is 12.9. The van der Waals surface area contributed by atoms with Gasteiger partial charge in [-0.2, -0.15) is 0 Å². The number of para-hydroxylation sites is 1. The number of fused-ring (bicyclic) bond motifs is 2. The number of benzene rings is 3. The third-order valence-electron chi connectivity index (χ3n) is 6.45. The van der Waals surface area contributed by atoms with Crippen molar-refractivity contribution in [3.05, 3.63) is 94.6 Å². The van der Waals surface area contributed by atoms with Gasteiger partial charge in [-0.05, 0) is 42.2 Å². The molecule has 1 heterocycles. The molecule has 2 atom stereocenters. The zero-order valence-corrected chi connectivity index (χ0v) is 22.7. The quantitative estimate of drug-likeness (QED) is 0.342. The van der Waals surface area contributed by atoms with Crippen LogP contribution in [0.2, 0.25) is 0 Å². The van der Waals surface area contributed by atoms with Crippen LogP contribution in [0.15, 0.2) is 60.7 Å². The molecule has 7 nitrogen and oxygen atoms in total. The van der Waals surface area contributed by atoms with E-state index in [9.17, 15) is 28.0 Å². The molecule has 0 fully saturated rings. The number of carbonyl (C=O) groups excluding carboxylic acids is 4. The molecule has 1 aliphatic rings. The number of nitrogens with one attached hydrogen (secondary N) is 3. The summed E-state index contributed by atoms with van der Waals surface area (Å²) in [5.41, 5.74) is 1.81. The highest BCUT2D eigenvalue weighted by molar-refractivity contribution is 6.16. The van der Waals surface area contributed by atoms with Gasteiger partial charge >= 0.3 is 0 Å². The molecule has 3 N–H and O–H groups in total. The van der Waals surface area contributed by atoms with Gasteiger partial charge in [0.05, 0.1) is 17.7 Å². The second-order valence-electron chi connectivity index (χ2n) is 11.2. The maximum atomic E-state index is 14.0. The number of ketones is 2. The maximum Gasteiger partial charge on any atom is 0.243 e. The Kier molecular flexibility index (Phi) is 8.13. The Morgan fingerprint density at radius 1 is 0.950 bits per heavy atom. The fourth-order valence-corrected chi connectivity index (χ4v) is 4.69. The third kappa shape index (κ3) is 6.59. The van der Waals surface area contributed by atoms with Gasteiger partial charge in [-0.15, -0.1) is 0 Å². The van der Waals surface area contributed by atoms with E-state index in [1.807, 2.05) is 20.8 Å². The first-order chi connectivity index (χ1) is 18.8. The number of carbonyl (C=O) groups is 4. The number of anilines is 2. The van der Waals surface area contributed by atoms with E-state index in [4.69, 9.17) is 0 Å². The van der Waals surface area contributed by atoms with Crippen molar-refractivity contribution in [2.24, 2.45) is 5.41 Å². The number of halogens is 2. The van der Waals surface area contributed by atoms with Gasteiger partial charge in [-0.3, -0.25) is 19.2 Å². The second-order valence-corrected chi connectivity index (χ2v) is 11.2. The minimum atomic E-state index is -1.14. The summed E-state index contributed by atoms with van der Waals surface area (Å²) in [5, 5.41) is 8.48. The largest absolute Gasteiger partial charge is 0.355 e. The van der Waals surface area contributed by atoms with Gasteiger partial charge in [0.1, 0.15) is 23.7 Å². The van der Waals surface area contributed by atoms with Gasteiger partial charge < -0.3 is 16.0 Å². The molecule has 4 rings (SSSR count). The van der Waals surface area contributed by atoms with E-state index < -0.39 is 41.3 Å². The summed E-state index contributed by atoms with van der Waals surface area (Å²) in [6, 6.07) is 12.6. The minimum Gasteiger partial charge on any atom is -0.355 e. The lowest BCUT2D eigenvalue weighted by atomic mass is 9.85.